The monoisotopic (exact) mass is 874 g/mol. The molecule has 10 aromatic carbocycles. The van der Waals surface area contributed by atoms with Crippen molar-refractivity contribution in [3.05, 3.63) is 190 Å². The molecule has 0 saturated heterocycles. The molecule has 3 heterocycles. The SMILES string of the molecule is Cc1cc(C)c(B2c3cc4cc(C(C)C)ccc4cc3N3c4cc5ccccc5c5c4N(c4cc6ccc(C(C)C)cc6cc4B5c4c(C)cc(C)cc4C)c4cc5ccccc5c2c43)c(C)c1. The average molecular weight is 875 g/mol. The van der Waals surface area contributed by atoms with E-state index in [2.05, 4.69) is 225 Å². The molecule has 0 aromatic heterocycles. The molecular weight excluding hydrogens is 818 g/mol. The number of rotatable bonds is 4. The van der Waals surface area contributed by atoms with E-state index in [1.807, 2.05) is 0 Å². The second kappa shape index (κ2) is 14.7. The van der Waals surface area contributed by atoms with E-state index < -0.39 is 0 Å². The van der Waals surface area contributed by atoms with E-state index in [0.717, 1.165) is 0 Å². The zero-order chi connectivity index (χ0) is 46.6. The standard InChI is InChI=1S/C64H56B2N2/c1-35(2)43-19-21-45-31-55-53(29-49(45)27-43)65(59-39(7)23-37(5)24-40(59)8)61-51-17-13-11-15-47(51)34-58-63(61)67(55)57-33-48-16-12-14-18-52(48)62-64(57)68(58)56-32-46-22-20-44(36(3)4)28-50(46)30-54(56)66(62)60-41(9)25-38(6)26-42(60)10/h11-36H,1-10H3. The van der Waals surface area contributed by atoms with E-state index in [1.54, 1.807) is 0 Å². The van der Waals surface area contributed by atoms with Crippen molar-refractivity contribution in [1.29, 1.82) is 0 Å². The Bertz CT molecular complexity index is 3560. The largest absolute Gasteiger partial charge is 0.307 e. The Hall–Kier alpha value is -7.03. The van der Waals surface area contributed by atoms with Gasteiger partial charge in [0.25, 0.3) is 0 Å². The quantitative estimate of drug-likeness (QED) is 0.163. The first-order valence-corrected chi connectivity index (χ1v) is 24.9. The van der Waals surface area contributed by atoms with Gasteiger partial charge in [0.15, 0.2) is 0 Å². The lowest BCUT2D eigenvalue weighted by molar-refractivity contribution is 0.869. The van der Waals surface area contributed by atoms with E-state index >= 15 is 0 Å². The van der Waals surface area contributed by atoms with E-state index in [0.29, 0.717) is 11.8 Å². The summed E-state index contributed by atoms with van der Waals surface area (Å²) in [5.74, 6) is 0.867. The van der Waals surface area contributed by atoms with Gasteiger partial charge in [-0.25, -0.2) is 0 Å². The molecule has 13 rings (SSSR count). The highest BCUT2D eigenvalue weighted by molar-refractivity contribution is 7.01. The van der Waals surface area contributed by atoms with Gasteiger partial charge < -0.3 is 9.80 Å². The average Bonchev–Trinajstić information content (AvgIpc) is 3.31. The molecule has 0 radical (unpaired) electrons. The number of hydrogen-bond acceptors (Lipinski definition) is 2. The Kier molecular flexibility index (Phi) is 8.92. The maximum absolute atomic E-state index is 2.71. The molecule has 0 saturated carbocycles. The van der Waals surface area contributed by atoms with Gasteiger partial charge in [0.05, 0.1) is 22.7 Å². The van der Waals surface area contributed by atoms with Gasteiger partial charge in [0.1, 0.15) is 0 Å². The molecule has 0 fully saturated rings. The Morgan fingerprint density at radius 2 is 0.706 bits per heavy atom. The number of fused-ring (bicyclic) bond motifs is 12. The zero-order valence-electron chi connectivity index (χ0n) is 41.1. The summed E-state index contributed by atoms with van der Waals surface area (Å²) in [5.41, 5.74) is 26.7. The van der Waals surface area contributed by atoms with Crippen LogP contribution in [0, 0.1) is 41.5 Å². The van der Waals surface area contributed by atoms with Gasteiger partial charge in [-0.1, -0.05) is 193 Å². The van der Waals surface area contributed by atoms with Crippen molar-refractivity contribution in [2.24, 2.45) is 0 Å². The van der Waals surface area contributed by atoms with Crippen molar-refractivity contribution < 1.29 is 0 Å². The predicted octanol–water partition coefficient (Wildman–Crippen LogP) is 13.3. The molecular formula is C64H56B2N2. The molecule has 4 heteroatoms. The van der Waals surface area contributed by atoms with Gasteiger partial charge in [-0.15, -0.1) is 0 Å². The molecule has 3 aliphatic rings. The molecule has 0 aliphatic carbocycles. The van der Waals surface area contributed by atoms with Crippen LogP contribution in [0.5, 0.6) is 0 Å². The van der Waals surface area contributed by atoms with Crippen LogP contribution >= 0.6 is 0 Å². The third-order valence-corrected chi connectivity index (χ3v) is 16.1. The lowest BCUT2D eigenvalue weighted by Crippen LogP contribution is -2.62. The van der Waals surface area contributed by atoms with Gasteiger partial charge >= 0.3 is 0 Å². The summed E-state index contributed by atoms with van der Waals surface area (Å²) in [4.78, 5) is 5.43. The van der Waals surface area contributed by atoms with Gasteiger partial charge in [-0.3, -0.25) is 0 Å². The molecule has 68 heavy (non-hydrogen) atoms. The molecule has 328 valence electrons. The Labute approximate surface area is 402 Å². The van der Waals surface area contributed by atoms with E-state index in [9.17, 15) is 0 Å². The number of aryl methyl sites for hydroxylation is 6. The minimum absolute atomic E-state index is 0.00351. The highest BCUT2D eigenvalue weighted by Gasteiger charge is 2.48. The number of nitrogens with zero attached hydrogens (tertiary/aromatic N) is 2. The first-order chi connectivity index (χ1) is 32.8. The van der Waals surface area contributed by atoms with Crippen molar-refractivity contribution in [3.8, 4) is 0 Å². The molecule has 0 spiro atoms. The topological polar surface area (TPSA) is 6.48 Å². The van der Waals surface area contributed by atoms with Crippen LogP contribution < -0.4 is 42.6 Å². The lowest BCUT2D eigenvalue weighted by Gasteiger charge is -2.50. The fourth-order valence-corrected chi connectivity index (χ4v) is 13.3. The Morgan fingerprint density at radius 3 is 1.09 bits per heavy atom. The summed E-state index contributed by atoms with van der Waals surface area (Å²) in [6.07, 6.45) is 0. The molecule has 0 N–H and O–H groups in total. The summed E-state index contributed by atoms with van der Waals surface area (Å²) in [6, 6.07) is 57.6. The van der Waals surface area contributed by atoms with Crippen LogP contribution in [-0.4, -0.2) is 13.4 Å². The Balaban J connectivity index is 1.24. The van der Waals surface area contributed by atoms with Crippen LogP contribution in [-0.2, 0) is 0 Å². The third-order valence-electron chi connectivity index (χ3n) is 16.1. The van der Waals surface area contributed by atoms with Gasteiger partial charge in [-0.05, 0) is 154 Å². The smallest absolute Gasteiger partial charge is 0.248 e. The van der Waals surface area contributed by atoms with Gasteiger partial charge in [0, 0.05) is 11.4 Å². The van der Waals surface area contributed by atoms with Crippen LogP contribution in [0.25, 0.3) is 43.1 Å². The maximum Gasteiger partial charge on any atom is 0.248 e. The van der Waals surface area contributed by atoms with Crippen LogP contribution in [0.2, 0.25) is 0 Å². The van der Waals surface area contributed by atoms with Crippen LogP contribution in [0.1, 0.15) is 84.0 Å². The molecule has 0 atom stereocenters. The summed E-state index contributed by atoms with van der Waals surface area (Å²) in [7, 11) is 0. The number of benzene rings is 10. The van der Waals surface area contributed by atoms with Crippen molar-refractivity contribution in [3.63, 3.8) is 0 Å². The van der Waals surface area contributed by atoms with Crippen LogP contribution in [0.15, 0.2) is 146 Å². The van der Waals surface area contributed by atoms with Crippen LogP contribution in [0.3, 0.4) is 0 Å². The first-order valence-electron chi connectivity index (χ1n) is 24.9. The number of hydrogen-bond donors (Lipinski definition) is 0. The second-order valence-electron chi connectivity index (χ2n) is 21.3. The molecule has 10 aromatic rings. The van der Waals surface area contributed by atoms with Gasteiger partial charge in [0.2, 0.25) is 13.4 Å². The fourth-order valence-electron chi connectivity index (χ4n) is 13.3. The second-order valence-corrected chi connectivity index (χ2v) is 21.3. The van der Waals surface area contributed by atoms with Crippen molar-refractivity contribution >= 4 is 123 Å². The maximum atomic E-state index is 2.71. The predicted molar refractivity (Wildman–Crippen MR) is 298 cm³/mol. The highest BCUT2D eigenvalue weighted by atomic mass is 15.3. The first kappa shape index (κ1) is 41.2. The van der Waals surface area contributed by atoms with E-state index in [4.69, 9.17) is 0 Å². The summed E-state index contributed by atoms with van der Waals surface area (Å²) < 4.78 is 0. The number of anilines is 6. The molecule has 3 aliphatic heterocycles. The third kappa shape index (κ3) is 5.79. The van der Waals surface area contributed by atoms with Gasteiger partial charge in [-0.2, -0.15) is 0 Å². The van der Waals surface area contributed by atoms with Crippen molar-refractivity contribution in [2.75, 3.05) is 9.80 Å². The van der Waals surface area contributed by atoms with E-state index in [1.165, 1.54) is 154 Å². The Morgan fingerprint density at radius 1 is 0.338 bits per heavy atom. The van der Waals surface area contributed by atoms with E-state index in [-0.39, 0.29) is 13.4 Å². The molecule has 0 bridgehead atoms. The highest BCUT2D eigenvalue weighted by Crippen LogP contribution is 2.57. The molecule has 2 nitrogen and oxygen atoms in total. The minimum Gasteiger partial charge on any atom is -0.307 e. The summed E-state index contributed by atoms with van der Waals surface area (Å²) in [6.45, 7) is 23.1. The van der Waals surface area contributed by atoms with Crippen LogP contribution in [0.4, 0.5) is 34.1 Å². The van der Waals surface area contributed by atoms with Crippen molar-refractivity contribution in [2.45, 2.75) is 81.1 Å². The summed E-state index contributed by atoms with van der Waals surface area (Å²) in [5, 5.41) is 10.3. The zero-order valence-corrected chi connectivity index (χ0v) is 41.1. The molecule has 0 amide bonds. The van der Waals surface area contributed by atoms with Crippen molar-refractivity contribution in [1.82, 2.24) is 0 Å². The molecule has 0 unspecified atom stereocenters. The lowest BCUT2D eigenvalue weighted by atomic mass is 9.32. The summed E-state index contributed by atoms with van der Waals surface area (Å²) >= 11 is 0. The fraction of sp³-hybridized carbons (Fsp3) is 0.188. The minimum atomic E-state index is -0.00351. The normalized spacial score (nSPS) is 13.6.